The largest absolute Gasteiger partial charge is 0.464 e. The number of rotatable bonds is 5. The van der Waals surface area contributed by atoms with Gasteiger partial charge >= 0.3 is 12.2 Å². The number of alkyl halides is 3. The molecule has 24 heavy (non-hydrogen) atoms. The zero-order chi connectivity index (χ0) is 17.9. The van der Waals surface area contributed by atoms with E-state index < -0.39 is 11.7 Å². The van der Waals surface area contributed by atoms with Gasteiger partial charge in [-0.2, -0.15) is 18.2 Å². The van der Waals surface area contributed by atoms with Crippen LogP contribution in [-0.2, 0) is 6.18 Å². The maximum Gasteiger partial charge on any atom is 0.421 e. The minimum absolute atomic E-state index is 0.0776. The quantitative estimate of drug-likeness (QED) is 0.785. The zero-order valence-electron chi connectivity index (χ0n) is 14.1. The van der Waals surface area contributed by atoms with Gasteiger partial charge in [-0.1, -0.05) is 26.0 Å². The first kappa shape index (κ1) is 18.0. The van der Waals surface area contributed by atoms with Crippen molar-refractivity contribution in [2.24, 2.45) is 0 Å². The molecule has 130 valence electrons. The van der Waals surface area contributed by atoms with E-state index >= 15 is 0 Å². The second kappa shape index (κ2) is 7.07. The molecule has 0 fully saturated rings. The highest BCUT2D eigenvalue weighted by Crippen LogP contribution is 2.37. The molecule has 0 radical (unpaired) electrons. The van der Waals surface area contributed by atoms with Crippen molar-refractivity contribution in [1.82, 2.24) is 9.97 Å². The first-order valence-corrected chi connectivity index (χ1v) is 7.64. The van der Waals surface area contributed by atoms with Crippen LogP contribution in [-0.4, -0.2) is 23.6 Å². The molecule has 2 aromatic rings. The molecule has 0 saturated heterocycles. The van der Waals surface area contributed by atoms with Crippen LogP contribution in [0.2, 0.25) is 0 Å². The lowest BCUT2D eigenvalue weighted by Gasteiger charge is -2.23. The van der Waals surface area contributed by atoms with Crippen LogP contribution in [0.5, 0.6) is 6.01 Å². The lowest BCUT2D eigenvalue weighted by molar-refractivity contribution is -0.137. The number of benzene rings is 1. The molecular weight excluding hydrogens is 319 g/mol. The Labute approximate surface area is 139 Å². The fourth-order valence-corrected chi connectivity index (χ4v) is 2.22. The Balaban J connectivity index is 2.45. The van der Waals surface area contributed by atoms with Crippen LogP contribution >= 0.6 is 0 Å². The molecule has 0 amide bonds. The summed E-state index contributed by atoms with van der Waals surface area (Å²) in [6.07, 6.45) is -3.79. The molecule has 1 aromatic carbocycles. The molecule has 0 aliphatic heterocycles. The first-order valence-electron chi connectivity index (χ1n) is 7.64. The molecule has 0 aliphatic rings. The van der Waals surface area contributed by atoms with Crippen LogP contribution in [0.15, 0.2) is 30.5 Å². The van der Waals surface area contributed by atoms with E-state index in [1.807, 2.05) is 12.1 Å². The van der Waals surface area contributed by atoms with Crippen molar-refractivity contribution in [2.45, 2.75) is 32.9 Å². The minimum Gasteiger partial charge on any atom is -0.464 e. The first-order chi connectivity index (χ1) is 11.2. The van der Waals surface area contributed by atoms with E-state index in [1.54, 1.807) is 19.1 Å². The summed E-state index contributed by atoms with van der Waals surface area (Å²) in [5.41, 5.74) is 0.813. The second-order valence-electron chi connectivity index (χ2n) is 5.63. The number of nitrogens with zero attached hydrogens (tertiary/aromatic N) is 3. The van der Waals surface area contributed by atoms with E-state index in [-0.39, 0.29) is 18.4 Å². The molecule has 0 unspecified atom stereocenters. The standard InChI is InChI=1S/C17H20F3N3O/c1-5-24-16-21-10-14(17(18,19)20)15(22-16)23(4)13-8-6-12(7-9-13)11(2)3/h6-11H,5H2,1-4H3. The predicted molar refractivity (Wildman–Crippen MR) is 86.8 cm³/mol. The van der Waals surface area contributed by atoms with Crippen molar-refractivity contribution in [2.75, 3.05) is 18.6 Å². The van der Waals surface area contributed by atoms with Gasteiger partial charge in [-0.25, -0.2) is 4.98 Å². The van der Waals surface area contributed by atoms with E-state index in [0.29, 0.717) is 11.6 Å². The monoisotopic (exact) mass is 339 g/mol. The molecule has 1 aromatic heterocycles. The summed E-state index contributed by atoms with van der Waals surface area (Å²) in [7, 11) is 1.54. The normalized spacial score (nSPS) is 11.7. The van der Waals surface area contributed by atoms with E-state index in [0.717, 1.165) is 11.8 Å². The number of hydrogen-bond acceptors (Lipinski definition) is 4. The van der Waals surface area contributed by atoms with Crippen molar-refractivity contribution >= 4 is 11.5 Å². The van der Waals surface area contributed by atoms with Crippen LogP contribution < -0.4 is 9.64 Å². The Kier molecular flexibility index (Phi) is 5.31. The van der Waals surface area contributed by atoms with E-state index in [2.05, 4.69) is 23.8 Å². The Morgan fingerprint density at radius 1 is 1.17 bits per heavy atom. The smallest absolute Gasteiger partial charge is 0.421 e. The molecule has 4 nitrogen and oxygen atoms in total. The van der Waals surface area contributed by atoms with Gasteiger partial charge in [-0.05, 0) is 30.5 Å². The van der Waals surface area contributed by atoms with Gasteiger partial charge in [0.25, 0.3) is 0 Å². The highest BCUT2D eigenvalue weighted by molar-refractivity contribution is 5.63. The number of hydrogen-bond donors (Lipinski definition) is 0. The number of anilines is 2. The third kappa shape index (κ3) is 3.96. The SMILES string of the molecule is CCOc1ncc(C(F)(F)F)c(N(C)c2ccc(C(C)C)cc2)n1. The molecule has 0 saturated carbocycles. The Hall–Kier alpha value is -2.31. The number of aromatic nitrogens is 2. The van der Waals surface area contributed by atoms with Crippen LogP contribution in [0.1, 0.15) is 37.8 Å². The Morgan fingerprint density at radius 2 is 1.79 bits per heavy atom. The maximum absolute atomic E-state index is 13.3. The molecule has 7 heteroatoms. The zero-order valence-corrected chi connectivity index (χ0v) is 14.1. The number of halogens is 3. The fraction of sp³-hybridized carbons (Fsp3) is 0.412. The maximum atomic E-state index is 13.3. The molecule has 0 spiro atoms. The third-order valence-corrected chi connectivity index (χ3v) is 3.59. The van der Waals surface area contributed by atoms with Gasteiger partial charge in [-0.15, -0.1) is 0 Å². The van der Waals surface area contributed by atoms with Crippen molar-refractivity contribution < 1.29 is 17.9 Å². The summed E-state index contributed by atoms with van der Waals surface area (Å²) < 4.78 is 44.9. The van der Waals surface area contributed by atoms with Crippen LogP contribution in [0.3, 0.4) is 0 Å². The van der Waals surface area contributed by atoms with Crippen LogP contribution in [0, 0.1) is 0 Å². The lowest BCUT2D eigenvalue weighted by atomic mass is 10.0. The Bertz CT molecular complexity index is 684. The van der Waals surface area contributed by atoms with Gasteiger partial charge in [0, 0.05) is 18.9 Å². The molecule has 0 atom stereocenters. The van der Waals surface area contributed by atoms with E-state index in [4.69, 9.17) is 4.74 Å². The van der Waals surface area contributed by atoms with Gasteiger partial charge < -0.3 is 9.64 Å². The van der Waals surface area contributed by atoms with Crippen molar-refractivity contribution in [3.63, 3.8) is 0 Å². The molecular formula is C17H20F3N3O. The Morgan fingerprint density at radius 3 is 2.29 bits per heavy atom. The van der Waals surface area contributed by atoms with Crippen molar-refractivity contribution in [3.05, 3.63) is 41.6 Å². The highest BCUT2D eigenvalue weighted by atomic mass is 19.4. The fourth-order valence-electron chi connectivity index (χ4n) is 2.22. The molecule has 1 heterocycles. The summed E-state index contributed by atoms with van der Waals surface area (Å²) in [4.78, 5) is 8.95. The van der Waals surface area contributed by atoms with Gasteiger partial charge in [0.05, 0.1) is 6.61 Å². The van der Waals surface area contributed by atoms with Crippen LogP contribution in [0.25, 0.3) is 0 Å². The second-order valence-corrected chi connectivity index (χ2v) is 5.63. The molecule has 0 N–H and O–H groups in total. The highest BCUT2D eigenvalue weighted by Gasteiger charge is 2.36. The van der Waals surface area contributed by atoms with Gasteiger partial charge in [0.15, 0.2) is 5.82 Å². The van der Waals surface area contributed by atoms with Crippen LogP contribution in [0.4, 0.5) is 24.7 Å². The summed E-state index contributed by atoms with van der Waals surface area (Å²) in [6, 6.07) is 7.27. The van der Waals surface area contributed by atoms with E-state index in [9.17, 15) is 13.2 Å². The average Bonchev–Trinajstić information content (AvgIpc) is 2.53. The van der Waals surface area contributed by atoms with E-state index in [1.165, 1.54) is 11.9 Å². The summed E-state index contributed by atoms with van der Waals surface area (Å²) in [5.74, 6) is 0.108. The molecule has 2 rings (SSSR count). The topological polar surface area (TPSA) is 38.2 Å². The minimum atomic E-state index is -4.55. The van der Waals surface area contributed by atoms with Gasteiger partial charge in [0.1, 0.15) is 5.56 Å². The van der Waals surface area contributed by atoms with Crippen molar-refractivity contribution in [1.29, 1.82) is 0 Å². The van der Waals surface area contributed by atoms with Gasteiger partial charge in [-0.3, -0.25) is 0 Å². The van der Waals surface area contributed by atoms with Crippen molar-refractivity contribution in [3.8, 4) is 6.01 Å². The third-order valence-electron chi connectivity index (χ3n) is 3.59. The van der Waals surface area contributed by atoms with Gasteiger partial charge in [0.2, 0.25) is 0 Å². The summed E-state index contributed by atoms with van der Waals surface area (Å²) in [5, 5.41) is 0. The lowest BCUT2D eigenvalue weighted by Crippen LogP contribution is -2.19. The summed E-state index contributed by atoms with van der Waals surface area (Å²) >= 11 is 0. The summed E-state index contributed by atoms with van der Waals surface area (Å²) in [6.45, 7) is 6.10. The average molecular weight is 339 g/mol. The predicted octanol–water partition coefficient (Wildman–Crippen LogP) is 4.79. The number of ether oxygens (including phenoxy) is 1. The molecule has 0 aliphatic carbocycles. The molecule has 0 bridgehead atoms.